The molecular weight excluding hydrogens is 209 g/mol. The van der Waals surface area contributed by atoms with E-state index in [1.165, 1.54) is 6.07 Å². The summed E-state index contributed by atoms with van der Waals surface area (Å²) in [5.74, 6) is -1.07. The zero-order valence-corrected chi connectivity index (χ0v) is 8.99. The molecule has 80 valence electrons. The van der Waals surface area contributed by atoms with E-state index in [0.717, 1.165) is 0 Å². The molecule has 0 unspecified atom stereocenters. The molecule has 0 saturated heterocycles. The van der Waals surface area contributed by atoms with E-state index in [4.69, 9.17) is 10.4 Å². The normalized spacial score (nSPS) is 8.07. The van der Waals surface area contributed by atoms with Gasteiger partial charge in [-0.3, -0.25) is 4.79 Å². The van der Waals surface area contributed by atoms with Crippen LogP contribution in [-0.2, 0) is 18.4 Å². The molecule has 0 aromatic heterocycles. The average molecular weight is 222 g/mol. The number of nitriles is 1. The third-order valence-corrected chi connectivity index (χ3v) is 1.64. The number of carbonyl (C=O) groups is 1. The Morgan fingerprint density at radius 1 is 1.43 bits per heavy atom. The Morgan fingerprint density at radius 2 is 1.86 bits per heavy atom. The molecule has 0 amide bonds. The van der Waals surface area contributed by atoms with Gasteiger partial charge in [0.25, 0.3) is 0 Å². The highest BCUT2D eigenvalue weighted by atomic mass is 31.1. The second-order valence-electron chi connectivity index (χ2n) is 1.79. The molecule has 0 heterocycles. The molecule has 0 aliphatic carbocycles. The lowest BCUT2D eigenvalue weighted by atomic mass is 10.5. The van der Waals surface area contributed by atoms with Crippen LogP contribution in [0.5, 0.6) is 0 Å². The van der Waals surface area contributed by atoms with Gasteiger partial charge in [-0.05, 0) is 13.8 Å². The highest BCUT2D eigenvalue weighted by Gasteiger charge is 2.15. The van der Waals surface area contributed by atoms with Gasteiger partial charge in [-0.2, -0.15) is 5.26 Å². The first-order chi connectivity index (χ1) is 6.58. The maximum Gasteiger partial charge on any atom is 0.697 e. The lowest BCUT2D eigenvalue weighted by Crippen LogP contribution is -1.88. The fraction of sp³-hybridized carbons (Fsp3) is 0.714. The van der Waals surface area contributed by atoms with Gasteiger partial charge in [-0.15, -0.1) is 9.05 Å². The quantitative estimate of drug-likeness (QED) is 0.711. The highest BCUT2D eigenvalue weighted by molar-refractivity contribution is 7.33. The lowest BCUT2D eigenvalue weighted by Gasteiger charge is -1.78. The minimum Gasteiger partial charge on any atom is -0.480 e. The van der Waals surface area contributed by atoms with Gasteiger partial charge in [-0.1, -0.05) is 0 Å². The van der Waals surface area contributed by atoms with Crippen LogP contribution in [0.2, 0.25) is 0 Å². The largest absolute Gasteiger partial charge is 0.697 e. The van der Waals surface area contributed by atoms with Crippen LogP contribution < -0.4 is 0 Å². The molecule has 0 saturated carbocycles. The summed E-state index contributed by atoms with van der Waals surface area (Å²) in [6.45, 7) is 4.42. The topological polar surface area (TPSA) is 96.6 Å². The average Bonchev–Trinajstić information content (AvgIpc) is 2.05. The van der Waals surface area contributed by atoms with Crippen molar-refractivity contribution < 1.29 is 23.5 Å². The zero-order chi connectivity index (χ0) is 11.4. The van der Waals surface area contributed by atoms with Crippen molar-refractivity contribution >= 4 is 14.2 Å². The van der Waals surface area contributed by atoms with Crippen molar-refractivity contribution in [1.82, 2.24) is 0 Å². The maximum atomic E-state index is 10.3. The van der Waals surface area contributed by atoms with Crippen molar-refractivity contribution in [2.75, 3.05) is 13.2 Å². The number of carboxylic acids is 1. The fourth-order valence-electron chi connectivity index (χ4n) is 0.316. The molecule has 6 nitrogen and oxygen atoms in total. The molecule has 0 aromatic carbocycles. The van der Waals surface area contributed by atoms with Gasteiger partial charge in [0.05, 0.1) is 6.07 Å². The van der Waals surface area contributed by atoms with E-state index >= 15 is 0 Å². The van der Waals surface area contributed by atoms with Gasteiger partial charge in [0.15, 0.2) is 0 Å². The molecule has 1 N–H and O–H groups in total. The first-order valence-electron chi connectivity index (χ1n) is 3.90. The number of nitrogens with zero attached hydrogens (tertiary/aromatic N) is 1. The highest BCUT2D eigenvalue weighted by Crippen LogP contribution is 2.21. The van der Waals surface area contributed by atoms with Crippen LogP contribution in [0, 0.1) is 11.3 Å². The summed E-state index contributed by atoms with van der Waals surface area (Å²) in [7, 11) is -1.83. The SMILES string of the molecule is CCO[P+](=O)OCC.N#CCC(=O)O. The van der Waals surface area contributed by atoms with Crippen LogP contribution in [0.3, 0.4) is 0 Å². The van der Waals surface area contributed by atoms with Crippen molar-refractivity contribution in [3.8, 4) is 6.07 Å². The van der Waals surface area contributed by atoms with Gasteiger partial charge in [0.1, 0.15) is 19.6 Å². The van der Waals surface area contributed by atoms with Gasteiger partial charge in [-0.25, -0.2) is 0 Å². The Labute approximate surface area is 83.4 Å². The predicted molar refractivity (Wildman–Crippen MR) is 48.7 cm³/mol. The van der Waals surface area contributed by atoms with E-state index in [1.807, 2.05) is 0 Å². The Bertz CT molecular complexity index is 205. The van der Waals surface area contributed by atoms with Crippen LogP contribution in [0.1, 0.15) is 20.3 Å². The van der Waals surface area contributed by atoms with Gasteiger partial charge < -0.3 is 5.11 Å². The van der Waals surface area contributed by atoms with E-state index < -0.39 is 20.6 Å². The van der Waals surface area contributed by atoms with E-state index in [-0.39, 0.29) is 0 Å². The first-order valence-corrected chi connectivity index (χ1v) is 4.99. The molecule has 14 heavy (non-hydrogen) atoms. The third kappa shape index (κ3) is 17.2. The standard InChI is InChI=1S/C4H10O3P.C3H3NO2/c1-3-6-8(5)7-4-2;4-2-1-3(5)6/h3-4H2,1-2H3;1H2,(H,5,6)/q+1;. The van der Waals surface area contributed by atoms with Crippen LogP contribution in [0.4, 0.5) is 0 Å². The van der Waals surface area contributed by atoms with Crippen LogP contribution in [0.25, 0.3) is 0 Å². The van der Waals surface area contributed by atoms with Crippen LogP contribution in [0.15, 0.2) is 0 Å². The Hall–Kier alpha value is -1.02. The number of hydrogen-bond donors (Lipinski definition) is 1. The smallest absolute Gasteiger partial charge is 0.480 e. The van der Waals surface area contributed by atoms with E-state index in [1.54, 1.807) is 13.8 Å². The summed E-state index contributed by atoms with van der Waals surface area (Å²) < 4.78 is 19.5. The first kappa shape index (κ1) is 15.5. The summed E-state index contributed by atoms with van der Waals surface area (Å²) in [6.07, 6.45) is -0.403. The Balaban J connectivity index is 0. The monoisotopic (exact) mass is 222 g/mol. The van der Waals surface area contributed by atoms with Gasteiger partial charge >= 0.3 is 14.2 Å². The zero-order valence-electron chi connectivity index (χ0n) is 8.10. The maximum absolute atomic E-state index is 10.3. The van der Waals surface area contributed by atoms with Crippen molar-refractivity contribution in [1.29, 1.82) is 5.26 Å². The second kappa shape index (κ2) is 12.0. The number of aliphatic carboxylic acids is 1. The molecule has 0 bridgehead atoms. The molecule has 0 fully saturated rings. The summed E-state index contributed by atoms with van der Waals surface area (Å²) in [6, 6.07) is 1.47. The fourth-order valence-corrected chi connectivity index (χ4v) is 0.812. The number of hydrogen-bond acceptors (Lipinski definition) is 5. The second-order valence-corrected chi connectivity index (χ2v) is 2.75. The van der Waals surface area contributed by atoms with Gasteiger partial charge in [0.2, 0.25) is 0 Å². The Kier molecular flexibility index (Phi) is 13.2. The minimum absolute atomic E-state index is 0.403. The molecular formula is C7H13NO5P+. The molecule has 0 aliphatic rings. The van der Waals surface area contributed by atoms with Crippen molar-refractivity contribution in [3.63, 3.8) is 0 Å². The number of carboxylic acid groups (broad SMARTS) is 1. The lowest BCUT2D eigenvalue weighted by molar-refractivity contribution is -0.135. The molecule has 0 aliphatic heterocycles. The summed E-state index contributed by atoms with van der Waals surface area (Å²) in [5, 5.41) is 15.3. The van der Waals surface area contributed by atoms with Crippen molar-refractivity contribution in [2.45, 2.75) is 20.3 Å². The third-order valence-electron chi connectivity index (χ3n) is 0.699. The summed E-state index contributed by atoms with van der Waals surface area (Å²) >= 11 is 0. The van der Waals surface area contributed by atoms with E-state index in [0.29, 0.717) is 13.2 Å². The molecule has 0 radical (unpaired) electrons. The summed E-state index contributed by atoms with van der Waals surface area (Å²) in [4.78, 5) is 9.38. The Morgan fingerprint density at radius 3 is 2.00 bits per heavy atom. The van der Waals surface area contributed by atoms with Gasteiger partial charge in [0, 0.05) is 4.57 Å². The van der Waals surface area contributed by atoms with Crippen molar-refractivity contribution in [2.24, 2.45) is 0 Å². The van der Waals surface area contributed by atoms with E-state index in [9.17, 15) is 9.36 Å². The van der Waals surface area contributed by atoms with Crippen LogP contribution >= 0.6 is 8.25 Å². The molecule has 0 atom stereocenters. The predicted octanol–water partition coefficient (Wildman–Crippen LogP) is 1.70. The molecule has 7 heteroatoms. The molecule has 0 spiro atoms. The van der Waals surface area contributed by atoms with E-state index in [2.05, 4.69) is 9.05 Å². The number of rotatable bonds is 5. The minimum atomic E-state index is -1.83. The molecule has 0 rings (SSSR count). The molecule has 0 aromatic rings. The van der Waals surface area contributed by atoms with Crippen LogP contribution in [-0.4, -0.2) is 24.3 Å². The summed E-state index contributed by atoms with van der Waals surface area (Å²) in [5.41, 5.74) is 0. The van der Waals surface area contributed by atoms with Crippen molar-refractivity contribution in [3.05, 3.63) is 0 Å².